The third-order valence-electron chi connectivity index (χ3n) is 2.61. The second kappa shape index (κ2) is 3.90. The first-order chi connectivity index (χ1) is 7.66. The highest BCUT2D eigenvalue weighted by atomic mass is 16.1. The Morgan fingerprint density at radius 3 is 2.69 bits per heavy atom. The lowest BCUT2D eigenvalue weighted by Gasteiger charge is -2.13. The highest BCUT2D eigenvalue weighted by molar-refractivity contribution is 5.78. The molecule has 3 heteroatoms. The number of hydrogen-bond acceptors (Lipinski definition) is 1. The minimum Gasteiger partial charge on any atom is -0.270 e. The maximum atomic E-state index is 12.1. The van der Waals surface area contributed by atoms with Gasteiger partial charge in [-0.25, -0.2) is 4.68 Å². The molecule has 82 valence electrons. The molecule has 0 radical (unpaired) electrons. The van der Waals surface area contributed by atoms with Crippen LogP contribution in [-0.2, 0) is 6.54 Å². The van der Waals surface area contributed by atoms with Gasteiger partial charge in [0.15, 0.2) is 0 Å². The Balaban J connectivity index is 2.87. The minimum absolute atomic E-state index is 0.0286. The third kappa shape index (κ3) is 1.43. The Morgan fingerprint density at radius 1 is 1.38 bits per heavy atom. The van der Waals surface area contributed by atoms with E-state index in [0.29, 0.717) is 6.54 Å². The van der Waals surface area contributed by atoms with Gasteiger partial charge in [0.1, 0.15) is 6.54 Å². The van der Waals surface area contributed by atoms with Crippen LogP contribution < -0.4 is 5.56 Å². The maximum Gasteiger partial charge on any atom is 0.274 e. The van der Waals surface area contributed by atoms with Crippen LogP contribution in [-0.4, -0.2) is 9.36 Å². The van der Waals surface area contributed by atoms with Gasteiger partial charge in [0, 0.05) is 6.04 Å². The number of fused-ring (bicyclic) bond motifs is 1. The van der Waals surface area contributed by atoms with Crippen molar-refractivity contribution in [1.82, 2.24) is 9.36 Å². The van der Waals surface area contributed by atoms with Crippen molar-refractivity contribution in [3.8, 4) is 12.3 Å². The molecule has 0 bridgehead atoms. The first kappa shape index (κ1) is 10.6. The molecule has 0 unspecified atom stereocenters. The number of hydrogen-bond donors (Lipinski definition) is 0. The smallest absolute Gasteiger partial charge is 0.270 e. The Labute approximate surface area is 94.3 Å². The van der Waals surface area contributed by atoms with Crippen LogP contribution in [0.25, 0.3) is 10.9 Å². The first-order valence-electron chi connectivity index (χ1n) is 5.30. The van der Waals surface area contributed by atoms with Gasteiger partial charge in [0.2, 0.25) is 0 Å². The average molecular weight is 214 g/mol. The molecule has 2 aromatic rings. The number of terminal acetylenes is 1. The predicted molar refractivity (Wildman–Crippen MR) is 65.4 cm³/mol. The van der Waals surface area contributed by atoms with Crippen molar-refractivity contribution in [1.29, 1.82) is 0 Å². The molecule has 0 atom stereocenters. The third-order valence-corrected chi connectivity index (χ3v) is 2.61. The molecule has 0 aliphatic heterocycles. The number of nitrogens with zero attached hydrogens (tertiary/aromatic N) is 2. The lowest BCUT2D eigenvalue weighted by molar-refractivity contribution is 0.434. The fourth-order valence-corrected chi connectivity index (χ4v) is 1.99. The van der Waals surface area contributed by atoms with Crippen LogP contribution in [0, 0.1) is 12.3 Å². The second-order valence-electron chi connectivity index (χ2n) is 4.02. The van der Waals surface area contributed by atoms with Crippen LogP contribution in [0.1, 0.15) is 19.9 Å². The molecule has 0 aliphatic carbocycles. The predicted octanol–water partition coefficient (Wildman–Crippen LogP) is 2.02. The molecule has 2 rings (SSSR count). The topological polar surface area (TPSA) is 26.9 Å². The highest BCUT2D eigenvalue weighted by Gasteiger charge is 2.13. The van der Waals surface area contributed by atoms with E-state index in [2.05, 4.69) is 5.92 Å². The van der Waals surface area contributed by atoms with Crippen molar-refractivity contribution in [3.63, 3.8) is 0 Å². The number of aromatic nitrogens is 2. The summed E-state index contributed by atoms with van der Waals surface area (Å²) in [4.78, 5) is 12.1. The van der Waals surface area contributed by atoms with Crippen molar-refractivity contribution in [2.75, 3.05) is 0 Å². The van der Waals surface area contributed by atoms with Gasteiger partial charge in [-0.15, -0.1) is 6.42 Å². The summed E-state index contributed by atoms with van der Waals surface area (Å²) < 4.78 is 3.58. The molecule has 1 aromatic heterocycles. The molecule has 0 fully saturated rings. The molecule has 0 spiro atoms. The van der Waals surface area contributed by atoms with E-state index in [1.165, 1.54) is 0 Å². The number of rotatable bonds is 2. The molecule has 0 saturated heterocycles. The van der Waals surface area contributed by atoms with E-state index in [1.54, 1.807) is 4.68 Å². The Morgan fingerprint density at radius 2 is 2.06 bits per heavy atom. The van der Waals surface area contributed by atoms with Crippen LogP contribution >= 0.6 is 0 Å². The largest absolute Gasteiger partial charge is 0.274 e. The SMILES string of the molecule is C#CCn1c2ccccc2c(=O)n1C(C)C. The van der Waals surface area contributed by atoms with Crippen LogP contribution in [0.2, 0.25) is 0 Å². The summed E-state index contributed by atoms with van der Waals surface area (Å²) in [5.41, 5.74) is 0.931. The maximum absolute atomic E-state index is 12.1. The molecular formula is C13H14N2O. The fraction of sp³-hybridized carbons (Fsp3) is 0.308. The average Bonchev–Trinajstić information content (AvgIpc) is 2.54. The summed E-state index contributed by atoms with van der Waals surface area (Å²) >= 11 is 0. The summed E-state index contributed by atoms with van der Waals surface area (Å²) in [5.74, 6) is 2.59. The molecule has 1 heterocycles. The van der Waals surface area contributed by atoms with Crippen molar-refractivity contribution in [2.24, 2.45) is 0 Å². The van der Waals surface area contributed by atoms with E-state index in [4.69, 9.17) is 6.42 Å². The summed E-state index contributed by atoms with van der Waals surface area (Å²) in [6.45, 7) is 4.38. The van der Waals surface area contributed by atoms with Crippen LogP contribution in [0.15, 0.2) is 29.1 Å². The molecule has 0 amide bonds. The first-order valence-corrected chi connectivity index (χ1v) is 5.30. The number of benzene rings is 1. The standard InChI is InChI=1S/C13H14N2O/c1-4-9-14-12-8-6-5-7-11(12)13(16)15(14)10(2)3/h1,5-8,10H,9H2,2-3H3. The zero-order chi connectivity index (χ0) is 11.7. The van der Waals surface area contributed by atoms with Crippen LogP contribution in [0.5, 0.6) is 0 Å². The van der Waals surface area contributed by atoms with Crippen molar-refractivity contribution >= 4 is 10.9 Å². The van der Waals surface area contributed by atoms with E-state index in [1.807, 2.05) is 42.8 Å². The van der Waals surface area contributed by atoms with Gasteiger partial charge in [0.05, 0.1) is 10.9 Å². The molecule has 0 saturated carbocycles. The van der Waals surface area contributed by atoms with Crippen LogP contribution in [0.4, 0.5) is 0 Å². The van der Waals surface area contributed by atoms with Gasteiger partial charge < -0.3 is 0 Å². The van der Waals surface area contributed by atoms with Gasteiger partial charge >= 0.3 is 0 Å². The van der Waals surface area contributed by atoms with Crippen molar-refractivity contribution in [3.05, 3.63) is 34.6 Å². The van der Waals surface area contributed by atoms with Gasteiger partial charge in [-0.3, -0.25) is 9.48 Å². The van der Waals surface area contributed by atoms with Gasteiger partial charge in [-0.05, 0) is 26.0 Å². The number of para-hydroxylation sites is 1. The molecule has 16 heavy (non-hydrogen) atoms. The summed E-state index contributed by atoms with van der Waals surface area (Å²) in [6, 6.07) is 7.65. The minimum atomic E-state index is 0.0286. The fourth-order valence-electron chi connectivity index (χ4n) is 1.99. The Hall–Kier alpha value is -1.95. The summed E-state index contributed by atoms with van der Waals surface area (Å²) in [7, 11) is 0. The molecule has 1 aromatic carbocycles. The summed E-state index contributed by atoms with van der Waals surface area (Å²) in [5, 5.41) is 0.728. The highest BCUT2D eigenvalue weighted by Crippen LogP contribution is 2.13. The quantitative estimate of drug-likeness (QED) is 0.702. The van der Waals surface area contributed by atoms with E-state index in [-0.39, 0.29) is 11.6 Å². The summed E-state index contributed by atoms with van der Waals surface area (Å²) in [6.07, 6.45) is 5.34. The van der Waals surface area contributed by atoms with E-state index < -0.39 is 0 Å². The van der Waals surface area contributed by atoms with E-state index in [0.717, 1.165) is 10.9 Å². The van der Waals surface area contributed by atoms with Crippen LogP contribution in [0.3, 0.4) is 0 Å². The van der Waals surface area contributed by atoms with E-state index in [9.17, 15) is 4.79 Å². The molecule has 3 nitrogen and oxygen atoms in total. The second-order valence-corrected chi connectivity index (χ2v) is 4.02. The lowest BCUT2D eigenvalue weighted by Crippen LogP contribution is -2.24. The zero-order valence-corrected chi connectivity index (χ0v) is 9.47. The van der Waals surface area contributed by atoms with Gasteiger partial charge in [-0.1, -0.05) is 18.1 Å². The zero-order valence-electron chi connectivity index (χ0n) is 9.47. The van der Waals surface area contributed by atoms with Crippen molar-refractivity contribution < 1.29 is 0 Å². The lowest BCUT2D eigenvalue weighted by atomic mass is 10.2. The van der Waals surface area contributed by atoms with E-state index >= 15 is 0 Å². The normalized spacial score (nSPS) is 10.9. The molecule has 0 N–H and O–H groups in total. The Kier molecular flexibility index (Phi) is 2.57. The molecular weight excluding hydrogens is 200 g/mol. The monoisotopic (exact) mass is 214 g/mol. The van der Waals surface area contributed by atoms with Gasteiger partial charge in [0.25, 0.3) is 5.56 Å². The van der Waals surface area contributed by atoms with Crippen molar-refractivity contribution in [2.45, 2.75) is 26.4 Å². The molecule has 0 aliphatic rings. The van der Waals surface area contributed by atoms with Gasteiger partial charge in [-0.2, -0.15) is 0 Å². The Bertz CT molecular complexity index is 611.